The maximum atomic E-state index is 12.4. The predicted molar refractivity (Wildman–Crippen MR) is 61.9 cm³/mol. The van der Waals surface area contributed by atoms with Gasteiger partial charge in [-0.25, -0.2) is 0 Å². The zero-order chi connectivity index (χ0) is 14.0. The van der Waals surface area contributed by atoms with Crippen LogP contribution in [0.5, 0.6) is 0 Å². The Labute approximate surface area is 111 Å². The number of nitrogens with zero attached hydrogens (tertiary/aromatic N) is 3. The van der Waals surface area contributed by atoms with Gasteiger partial charge in [0.05, 0.1) is 13.0 Å². The molecule has 0 bridgehead atoms. The average Bonchev–Trinajstić information content (AvgIpc) is 2.87. The fourth-order valence-corrected chi connectivity index (χ4v) is 2.69. The first-order valence-electron chi connectivity index (χ1n) is 5.65. The van der Waals surface area contributed by atoms with Crippen molar-refractivity contribution in [1.29, 1.82) is 0 Å². The lowest BCUT2D eigenvalue weighted by Crippen LogP contribution is -2.39. The first-order valence-corrected chi connectivity index (χ1v) is 6.43. The summed E-state index contributed by atoms with van der Waals surface area (Å²) >= 11 is 0.697. The molecule has 2 heterocycles. The fraction of sp³-hybridized carbons (Fsp3) is 0.700. The molecule has 1 atom stereocenters. The monoisotopic (exact) mass is 295 g/mol. The van der Waals surface area contributed by atoms with Crippen molar-refractivity contribution in [1.82, 2.24) is 9.36 Å². The summed E-state index contributed by atoms with van der Waals surface area (Å²) in [5, 5.41) is 0.195. The molecule has 0 spiro atoms. The Balaban J connectivity index is 2.09. The molecule has 0 saturated carbocycles. The van der Waals surface area contributed by atoms with E-state index >= 15 is 0 Å². The molecule has 5 nitrogen and oxygen atoms in total. The maximum absolute atomic E-state index is 12.4. The zero-order valence-corrected chi connectivity index (χ0v) is 10.9. The van der Waals surface area contributed by atoms with E-state index in [4.69, 9.17) is 0 Å². The van der Waals surface area contributed by atoms with Gasteiger partial charge in [0.15, 0.2) is 0 Å². The SMILES string of the molecule is COC(=O)C1CCCN(c2nc(C(F)(F)F)ns2)C1. The topological polar surface area (TPSA) is 55.3 Å². The maximum Gasteiger partial charge on any atom is 0.452 e. The number of methoxy groups -OCH3 is 1. The van der Waals surface area contributed by atoms with Crippen molar-refractivity contribution in [3.05, 3.63) is 5.82 Å². The molecule has 1 aromatic rings. The molecule has 9 heteroatoms. The van der Waals surface area contributed by atoms with Crippen LogP contribution in [0.25, 0.3) is 0 Å². The van der Waals surface area contributed by atoms with E-state index in [1.807, 2.05) is 0 Å². The lowest BCUT2D eigenvalue weighted by atomic mass is 9.99. The molecule has 0 aliphatic carbocycles. The highest BCUT2D eigenvalue weighted by Gasteiger charge is 2.37. The van der Waals surface area contributed by atoms with Crippen LogP contribution in [0.1, 0.15) is 18.7 Å². The molecule has 0 N–H and O–H groups in total. The van der Waals surface area contributed by atoms with Crippen molar-refractivity contribution in [3.8, 4) is 0 Å². The molecular weight excluding hydrogens is 283 g/mol. The minimum Gasteiger partial charge on any atom is -0.469 e. The highest BCUT2D eigenvalue weighted by molar-refractivity contribution is 7.09. The van der Waals surface area contributed by atoms with Crippen LogP contribution in [0.3, 0.4) is 0 Å². The van der Waals surface area contributed by atoms with Gasteiger partial charge in [-0.3, -0.25) is 4.79 Å². The summed E-state index contributed by atoms with van der Waals surface area (Å²) in [7, 11) is 1.30. The van der Waals surface area contributed by atoms with E-state index in [-0.39, 0.29) is 17.0 Å². The summed E-state index contributed by atoms with van der Waals surface area (Å²) in [4.78, 5) is 16.6. The van der Waals surface area contributed by atoms with Gasteiger partial charge in [0, 0.05) is 24.6 Å². The van der Waals surface area contributed by atoms with E-state index in [1.165, 1.54) is 7.11 Å². The third-order valence-electron chi connectivity index (χ3n) is 2.90. The summed E-state index contributed by atoms with van der Waals surface area (Å²) in [6, 6.07) is 0. The van der Waals surface area contributed by atoms with Crippen molar-refractivity contribution in [3.63, 3.8) is 0 Å². The number of hydrogen-bond donors (Lipinski definition) is 0. The second kappa shape index (κ2) is 5.32. The quantitative estimate of drug-likeness (QED) is 0.781. The molecule has 2 rings (SSSR count). The second-order valence-corrected chi connectivity index (χ2v) is 4.94. The van der Waals surface area contributed by atoms with Crippen molar-refractivity contribution in [2.45, 2.75) is 19.0 Å². The Morgan fingerprint density at radius 1 is 1.53 bits per heavy atom. The van der Waals surface area contributed by atoms with Gasteiger partial charge in [0.25, 0.3) is 0 Å². The Kier molecular flexibility index (Phi) is 3.93. The Morgan fingerprint density at radius 2 is 2.26 bits per heavy atom. The fourth-order valence-electron chi connectivity index (χ4n) is 1.97. The minimum atomic E-state index is -4.54. The smallest absolute Gasteiger partial charge is 0.452 e. The van der Waals surface area contributed by atoms with Crippen LogP contribution in [0.2, 0.25) is 0 Å². The molecule has 0 amide bonds. The van der Waals surface area contributed by atoms with Gasteiger partial charge in [-0.1, -0.05) is 0 Å². The van der Waals surface area contributed by atoms with E-state index < -0.39 is 12.0 Å². The Bertz CT molecular complexity index is 463. The van der Waals surface area contributed by atoms with E-state index in [9.17, 15) is 18.0 Å². The number of piperidine rings is 1. The molecule has 1 aromatic heterocycles. The molecule has 1 fully saturated rings. The lowest BCUT2D eigenvalue weighted by molar-refractivity contribution is -0.146. The second-order valence-electron chi connectivity index (χ2n) is 4.21. The van der Waals surface area contributed by atoms with Gasteiger partial charge in [0.2, 0.25) is 11.0 Å². The van der Waals surface area contributed by atoms with Crippen LogP contribution in [0, 0.1) is 5.92 Å². The van der Waals surface area contributed by atoms with E-state index in [2.05, 4.69) is 14.1 Å². The van der Waals surface area contributed by atoms with Crippen LogP contribution in [0.15, 0.2) is 0 Å². The number of hydrogen-bond acceptors (Lipinski definition) is 6. The predicted octanol–water partition coefficient (Wildman–Crippen LogP) is 1.95. The van der Waals surface area contributed by atoms with E-state index in [0.29, 0.717) is 37.5 Å². The Morgan fingerprint density at radius 3 is 2.84 bits per heavy atom. The highest BCUT2D eigenvalue weighted by atomic mass is 32.1. The number of carbonyl (C=O) groups excluding carboxylic acids is 1. The summed E-state index contributed by atoms with van der Waals surface area (Å²) in [5.41, 5.74) is 0. The third-order valence-corrected chi connectivity index (χ3v) is 3.67. The highest BCUT2D eigenvalue weighted by Crippen LogP contribution is 2.31. The third kappa shape index (κ3) is 3.14. The van der Waals surface area contributed by atoms with Crippen molar-refractivity contribution in [2.75, 3.05) is 25.1 Å². The summed E-state index contributed by atoms with van der Waals surface area (Å²) < 4.78 is 45.2. The van der Waals surface area contributed by atoms with Crippen LogP contribution in [-0.4, -0.2) is 35.5 Å². The molecule has 19 heavy (non-hydrogen) atoms. The number of aromatic nitrogens is 2. The number of esters is 1. The van der Waals surface area contributed by atoms with E-state index in [1.54, 1.807) is 4.90 Å². The lowest BCUT2D eigenvalue weighted by Gasteiger charge is -2.30. The zero-order valence-electron chi connectivity index (χ0n) is 10.1. The molecule has 0 radical (unpaired) electrons. The molecule has 1 unspecified atom stereocenters. The Hall–Kier alpha value is -1.38. The largest absolute Gasteiger partial charge is 0.469 e. The number of halogens is 3. The first-order chi connectivity index (χ1) is 8.91. The molecule has 1 aliphatic rings. The molecule has 1 saturated heterocycles. The van der Waals surface area contributed by atoms with Gasteiger partial charge in [-0.2, -0.15) is 22.5 Å². The summed E-state index contributed by atoms with van der Waals surface area (Å²) in [5.74, 6) is -1.80. The van der Waals surface area contributed by atoms with Gasteiger partial charge in [0.1, 0.15) is 0 Å². The molecule has 106 valence electrons. The van der Waals surface area contributed by atoms with Gasteiger partial charge < -0.3 is 9.64 Å². The summed E-state index contributed by atoms with van der Waals surface area (Å²) in [6.07, 6.45) is -3.15. The van der Waals surface area contributed by atoms with Crippen LogP contribution in [-0.2, 0) is 15.7 Å². The number of rotatable bonds is 2. The number of carbonyl (C=O) groups is 1. The van der Waals surface area contributed by atoms with E-state index in [0.717, 1.165) is 0 Å². The number of ether oxygens (including phenoxy) is 1. The molecule has 1 aliphatic heterocycles. The summed E-state index contributed by atoms with van der Waals surface area (Å²) in [6.45, 7) is 0.888. The van der Waals surface area contributed by atoms with Gasteiger partial charge >= 0.3 is 12.1 Å². The number of alkyl halides is 3. The first kappa shape index (κ1) is 14.0. The molecular formula is C10H12F3N3O2S. The number of anilines is 1. The van der Waals surface area contributed by atoms with Crippen LogP contribution in [0.4, 0.5) is 18.3 Å². The minimum absolute atomic E-state index is 0.195. The van der Waals surface area contributed by atoms with Crippen molar-refractivity contribution >= 4 is 22.6 Å². The molecule has 0 aromatic carbocycles. The van der Waals surface area contributed by atoms with Crippen molar-refractivity contribution < 1.29 is 22.7 Å². The van der Waals surface area contributed by atoms with Crippen molar-refractivity contribution in [2.24, 2.45) is 5.92 Å². The van der Waals surface area contributed by atoms with Gasteiger partial charge in [-0.15, -0.1) is 0 Å². The standard InChI is InChI=1S/C10H12F3N3O2S/c1-18-7(17)6-3-2-4-16(5-6)9-14-8(15-19-9)10(11,12)13/h6H,2-5H2,1H3. The van der Waals surface area contributed by atoms with Gasteiger partial charge in [-0.05, 0) is 12.8 Å². The normalized spacial score (nSPS) is 20.4. The average molecular weight is 295 g/mol. The van der Waals surface area contributed by atoms with Crippen LogP contribution >= 0.6 is 11.5 Å². The van der Waals surface area contributed by atoms with Crippen LogP contribution < -0.4 is 4.90 Å².